The van der Waals surface area contributed by atoms with Gasteiger partial charge in [0.1, 0.15) is 18.7 Å². The average Bonchev–Trinajstić information content (AvgIpc) is 3.50. The molecular formula is C28H34N4O4. The van der Waals surface area contributed by atoms with Crippen molar-refractivity contribution in [3.63, 3.8) is 0 Å². The van der Waals surface area contributed by atoms with Gasteiger partial charge in [-0.05, 0) is 48.4 Å². The molecule has 2 aliphatic rings. The van der Waals surface area contributed by atoms with Crippen molar-refractivity contribution in [2.75, 3.05) is 20.2 Å². The molecule has 1 fully saturated rings. The van der Waals surface area contributed by atoms with E-state index >= 15 is 0 Å². The first-order valence-electron chi connectivity index (χ1n) is 12.6. The van der Waals surface area contributed by atoms with Crippen LogP contribution in [-0.2, 0) is 14.3 Å². The van der Waals surface area contributed by atoms with E-state index in [1.54, 1.807) is 25.1 Å². The molecule has 1 saturated heterocycles. The predicted octanol–water partition coefficient (Wildman–Crippen LogP) is 3.50. The molecule has 4 rings (SSSR count). The fraction of sp³-hybridized carbons (Fsp3) is 0.429. The van der Waals surface area contributed by atoms with E-state index in [1.165, 1.54) is 0 Å². The normalized spacial score (nSPS) is 18.4. The second-order valence-corrected chi connectivity index (χ2v) is 9.31. The number of hydrogen-bond donors (Lipinski definition) is 2. The fourth-order valence-electron chi connectivity index (χ4n) is 5.13. The molecule has 0 bridgehead atoms. The number of fused-ring (bicyclic) bond motifs is 3. The highest BCUT2D eigenvalue weighted by Crippen LogP contribution is 2.44. The van der Waals surface area contributed by atoms with Gasteiger partial charge in [0, 0.05) is 25.7 Å². The van der Waals surface area contributed by atoms with Gasteiger partial charge in [0.15, 0.2) is 0 Å². The summed E-state index contributed by atoms with van der Waals surface area (Å²) < 4.78 is 5.58. The Hall–Kier alpha value is -3.68. The number of aliphatic imine (C=N–C) groups is 1. The number of nitrogens with one attached hydrogen (secondary N) is 2. The number of amides is 3. The number of ether oxygens (including phenoxy) is 1. The van der Waals surface area contributed by atoms with Gasteiger partial charge >= 0.3 is 6.09 Å². The Labute approximate surface area is 212 Å². The third kappa shape index (κ3) is 5.27. The minimum Gasteiger partial charge on any atom is -0.449 e. The molecule has 8 nitrogen and oxygen atoms in total. The molecule has 1 aliphatic carbocycles. The quantitative estimate of drug-likeness (QED) is 0.553. The number of carbonyl (C=O) groups excluding carboxylic acids is 3. The lowest BCUT2D eigenvalue weighted by atomic mass is 9.98. The molecule has 2 aromatic carbocycles. The van der Waals surface area contributed by atoms with Crippen molar-refractivity contribution in [3.05, 3.63) is 59.7 Å². The van der Waals surface area contributed by atoms with Crippen LogP contribution in [0.15, 0.2) is 53.5 Å². The van der Waals surface area contributed by atoms with Crippen LogP contribution in [0.2, 0.25) is 0 Å². The largest absolute Gasteiger partial charge is 0.449 e. The summed E-state index contributed by atoms with van der Waals surface area (Å²) in [5.74, 6) is -0.543. The lowest BCUT2D eigenvalue weighted by molar-refractivity contribution is -0.139. The maximum Gasteiger partial charge on any atom is 0.407 e. The van der Waals surface area contributed by atoms with Gasteiger partial charge in [0.05, 0.1) is 6.04 Å². The molecule has 1 heterocycles. The number of nitrogens with zero attached hydrogens (tertiary/aromatic N) is 2. The van der Waals surface area contributed by atoms with Crippen LogP contribution in [0, 0.1) is 0 Å². The van der Waals surface area contributed by atoms with Crippen molar-refractivity contribution in [3.8, 4) is 11.1 Å². The highest BCUT2D eigenvalue weighted by molar-refractivity contribution is 5.92. The van der Waals surface area contributed by atoms with Crippen LogP contribution in [0.25, 0.3) is 11.1 Å². The topological polar surface area (TPSA) is 100 Å². The lowest BCUT2D eigenvalue weighted by Crippen LogP contribution is -2.53. The molecule has 0 radical (unpaired) electrons. The lowest BCUT2D eigenvalue weighted by Gasteiger charge is -2.28. The number of likely N-dealkylation sites (tertiary alicyclic amines) is 1. The SMILES string of the molecule is CC[C@@H](C=NC)NC(=O)[C@@H]1CCCN1C(=O)[C@H](C)NC(=O)OCC1c2ccccc2-c2ccccc21. The van der Waals surface area contributed by atoms with Crippen LogP contribution < -0.4 is 10.6 Å². The summed E-state index contributed by atoms with van der Waals surface area (Å²) in [5.41, 5.74) is 4.55. The predicted molar refractivity (Wildman–Crippen MR) is 139 cm³/mol. The maximum atomic E-state index is 13.1. The molecule has 1 aliphatic heterocycles. The highest BCUT2D eigenvalue weighted by Gasteiger charge is 2.37. The molecule has 0 spiro atoms. The highest BCUT2D eigenvalue weighted by atomic mass is 16.5. The van der Waals surface area contributed by atoms with E-state index in [0.717, 1.165) is 28.7 Å². The first-order chi connectivity index (χ1) is 17.4. The van der Waals surface area contributed by atoms with Crippen LogP contribution in [0.1, 0.15) is 50.2 Å². The fourth-order valence-corrected chi connectivity index (χ4v) is 5.13. The molecule has 0 saturated carbocycles. The second-order valence-electron chi connectivity index (χ2n) is 9.31. The van der Waals surface area contributed by atoms with Gasteiger partial charge in [-0.25, -0.2) is 4.79 Å². The van der Waals surface area contributed by atoms with Crippen LogP contribution in [0.4, 0.5) is 4.79 Å². The Morgan fingerprint density at radius 2 is 1.72 bits per heavy atom. The molecule has 3 amide bonds. The van der Waals surface area contributed by atoms with Gasteiger partial charge < -0.3 is 20.3 Å². The van der Waals surface area contributed by atoms with Crippen molar-refractivity contribution in [2.24, 2.45) is 4.99 Å². The Morgan fingerprint density at radius 3 is 2.33 bits per heavy atom. The van der Waals surface area contributed by atoms with E-state index < -0.39 is 18.2 Å². The van der Waals surface area contributed by atoms with Crippen molar-refractivity contribution >= 4 is 24.1 Å². The number of benzene rings is 2. The zero-order valence-corrected chi connectivity index (χ0v) is 21.1. The third-order valence-corrected chi connectivity index (χ3v) is 6.98. The minimum atomic E-state index is -0.812. The summed E-state index contributed by atoms with van der Waals surface area (Å²) >= 11 is 0. The second kappa shape index (κ2) is 11.4. The van der Waals surface area contributed by atoms with Crippen molar-refractivity contribution in [2.45, 2.75) is 57.2 Å². The number of alkyl carbamates (subject to hydrolysis) is 1. The van der Waals surface area contributed by atoms with Crippen molar-refractivity contribution in [1.29, 1.82) is 0 Å². The Morgan fingerprint density at radius 1 is 1.08 bits per heavy atom. The van der Waals surface area contributed by atoms with Gasteiger partial charge in [-0.2, -0.15) is 0 Å². The van der Waals surface area contributed by atoms with Gasteiger partial charge in [0.25, 0.3) is 0 Å². The Balaban J connectivity index is 1.34. The first-order valence-corrected chi connectivity index (χ1v) is 12.6. The summed E-state index contributed by atoms with van der Waals surface area (Å²) in [6.45, 7) is 4.24. The maximum absolute atomic E-state index is 13.1. The molecule has 2 aromatic rings. The van der Waals surface area contributed by atoms with Gasteiger partial charge in [-0.1, -0.05) is 55.5 Å². The zero-order chi connectivity index (χ0) is 25.7. The first kappa shape index (κ1) is 25.4. The van der Waals surface area contributed by atoms with E-state index in [0.29, 0.717) is 19.4 Å². The van der Waals surface area contributed by atoms with E-state index in [-0.39, 0.29) is 30.4 Å². The summed E-state index contributed by atoms with van der Waals surface area (Å²) in [7, 11) is 1.66. The zero-order valence-electron chi connectivity index (χ0n) is 21.1. The monoisotopic (exact) mass is 490 g/mol. The standard InChI is InChI=1S/C28H34N4O4/c1-4-19(16-29-3)31-26(33)25-14-9-15-32(25)27(34)18(2)30-28(35)36-17-24-22-12-7-5-10-20(22)21-11-6-8-13-23(21)24/h5-8,10-13,16,18-19,24-25H,4,9,14-15,17H2,1-3H3,(H,30,35)(H,31,33)/t18-,19-,25-/m0/s1. The Bertz CT molecular complexity index is 1100. The van der Waals surface area contributed by atoms with E-state index in [2.05, 4.69) is 39.9 Å². The van der Waals surface area contributed by atoms with E-state index in [1.807, 2.05) is 31.2 Å². The van der Waals surface area contributed by atoms with Gasteiger partial charge in [0.2, 0.25) is 11.8 Å². The van der Waals surface area contributed by atoms with Gasteiger partial charge in [-0.15, -0.1) is 0 Å². The molecule has 0 unspecified atom stereocenters. The molecule has 190 valence electrons. The molecule has 8 heteroatoms. The molecule has 36 heavy (non-hydrogen) atoms. The molecular weight excluding hydrogens is 456 g/mol. The van der Waals surface area contributed by atoms with E-state index in [9.17, 15) is 14.4 Å². The molecule has 0 aromatic heterocycles. The van der Waals surface area contributed by atoms with E-state index in [4.69, 9.17) is 4.74 Å². The number of rotatable bonds is 8. The van der Waals surface area contributed by atoms with Crippen LogP contribution >= 0.6 is 0 Å². The van der Waals surface area contributed by atoms with Gasteiger partial charge in [-0.3, -0.25) is 14.6 Å². The third-order valence-electron chi connectivity index (χ3n) is 6.98. The van der Waals surface area contributed by atoms with Crippen molar-refractivity contribution < 1.29 is 19.1 Å². The average molecular weight is 491 g/mol. The number of hydrogen-bond acceptors (Lipinski definition) is 5. The summed E-state index contributed by atoms with van der Waals surface area (Å²) in [4.78, 5) is 44.1. The van der Waals surface area contributed by atoms with Crippen LogP contribution in [0.3, 0.4) is 0 Å². The summed E-state index contributed by atoms with van der Waals surface area (Å²) in [6.07, 6.45) is 3.09. The summed E-state index contributed by atoms with van der Waals surface area (Å²) in [6, 6.07) is 14.7. The van der Waals surface area contributed by atoms with Crippen molar-refractivity contribution in [1.82, 2.24) is 15.5 Å². The molecule has 2 N–H and O–H groups in total. The summed E-state index contributed by atoms with van der Waals surface area (Å²) in [5, 5.41) is 5.60. The number of carbonyl (C=O) groups is 3. The molecule has 3 atom stereocenters. The Kier molecular flexibility index (Phi) is 8.03. The smallest absolute Gasteiger partial charge is 0.407 e. The van der Waals surface area contributed by atoms with Crippen LogP contribution in [-0.4, -0.2) is 67.3 Å². The minimum absolute atomic E-state index is 0.0565. The van der Waals surface area contributed by atoms with Crippen LogP contribution in [0.5, 0.6) is 0 Å².